The predicted octanol–water partition coefficient (Wildman–Crippen LogP) is 4.20. The van der Waals surface area contributed by atoms with Gasteiger partial charge in [-0.15, -0.1) is 11.3 Å². The summed E-state index contributed by atoms with van der Waals surface area (Å²) in [6.07, 6.45) is 0. The molecule has 3 aromatic rings. The fraction of sp³-hybridized carbons (Fsp3) is 0.0667. The van der Waals surface area contributed by atoms with Gasteiger partial charge in [0.1, 0.15) is 18.2 Å². The second-order valence-electron chi connectivity index (χ2n) is 4.26. The van der Waals surface area contributed by atoms with Gasteiger partial charge in [0.25, 0.3) is 0 Å². The Labute approximate surface area is 114 Å². The van der Waals surface area contributed by atoms with E-state index in [4.69, 9.17) is 10.5 Å². The van der Waals surface area contributed by atoms with Crippen molar-refractivity contribution in [2.45, 2.75) is 6.61 Å². The van der Waals surface area contributed by atoms with E-state index < -0.39 is 0 Å². The lowest BCUT2D eigenvalue weighted by Gasteiger charge is -2.03. The fourth-order valence-corrected chi connectivity index (χ4v) is 2.91. The van der Waals surface area contributed by atoms with Crippen molar-refractivity contribution in [2.75, 3.05) is 5.73 Å². The summed E-state index contributed by atoms with van der Waals surface area (Å²) in [6, 6.07) is 14.1. The first-order valence-electron chi connectivity index (χ1n) is 5.87. The third-order valence-electron chi connectivity index (χ3n) is 2.77. The van der Waals surface area contributed by atoms with Crippen LogP contribution in [0.1, 0.15) is 4.88 Å². The van der Waals surface area contributed by atoms with Gasteiger partial charge in [0.2, 0.25) is 0 Å². The van der Waals surface area contributed by atoms with Crippen LogP contribution in [0, 0.1) is 5.82 Å². The molecule has 0 radical (unpaired) electrons. The van der Waals surface area contributed by atoms with Crippen molar-refractivity contribution < 1.29 is 9.13 Å². The molecule has 1 aromatic heterocycles. The summed E-state index contributed by atoms with van der Waals surface area (Å²) in [6.45, 7) is 0.433. The van der Waals surface area contributed by atoms with Crippen LogP contribution in [0.15, 0.2) is 48.5 Å². The van der Waals surface area contributed by atoms with E-state index in [1.54, 1.807) is 23.5 Å². The molecule has 0 unspecified atom stereocenters. The molecule has 0 saturated heterocycles. The molecule has 3 rings (SSSR count). The molecule has 0 aliphatic heterocycles. The smallest absolute Gasteiger partial charge is 0.126 e. The number of hydrogen-bond acceptors (Lipinski definition) is 3. The molecule has 0 saturated carbocycles. The summed E-state index contributed by atoms with van der Waals surface area (Å²) in [7, 11) is 0. The van der Waals surface area contributed by atoms with Crippen molar-refractivity contribution in [3.63, 3.8) is 0 Å². The van der Waals surface area contributed by atoms with Crippen LogP contribution in [-0.4, -0.2) is 0 Å². The van der Waals surface area contributed by atoms with Gasteiger partial charge in [-0.2, -0.15) is 0 Å². The molecule has 96 valence electrons. The van der Waals surface area contributed by atoms with Crippen LogP contribution in [-0.2, 0) is 6.61 Å². The van der Waals surface area contributed by atoms with Crippen LogP contribution in [0.5, 0.6) is 5.75 Å². The third-order valence-corrected chi connectivity index (χ3v) is 3.84. The molecule has 19 heavy (non-hydrogen) atoms. The standard InChI is InChI=1S/C15H12FNOS/c16-11-2-1-3-13(7-11)18-9-14-6-10-4-5-12(17)8-15(10)19-14/h1-8H,9,17H2. The van der Waals surface area contributed by atoms with Crippen LogP contribution in [0.2, 0.25) is 0 Å². The maximum Gasteiger partial charge on any atom is 0.126 e. The van der Waals surface area contributed by atoms with Gasteiger partial charge in [0.15, 0.2) is 0 Å². The Morgan fingerprint density at radius 3 is 2.84 bits per heavy atom. The van der Waals surface area contributed by atoms with E-state index in [2.05, 4.69) is 6.07 Å². The molecule has 0 aliphatic rings. The van der Waals surface area contributed by atoms with E-state index in [-0.39, 0.29) is 5.82 Å². The topological polar surface area (TPSA) is 35.2 Å². The number of thiophene rings is 1. The Balaban J connectivity index is 1.78. The van der Waals surface area contributed by atoms with Crippen molar-refractivity contribution in [2.24, 2.45) is 0 Å². The van der Waals surface area contributed by atoms with Gasteiger partial charge < -0.3 is 10.5 Å². The summed E-state index contributed by atoms with van der Waals surface area (Å²) in [5.41, 5.74) is 6.50. The number of nitrogens with two attached hydrogens (primary N) is 1. The largest absolute Gasteiger partial charge is 0.488 e. The van der Waals surface area contributed by atoms with Gasteiger partial charge in [-0.05, 0) is 35.7 Å². The SMILES string of the molecule is Nc1ccc2cc(COc3cccc(F)c3)sc2c1. The lowest BCUT2D eigenvalue weighted by atomic mass is 10.2. The normalized spacial score (nSPS) is 10.8. The van der Waals surface area contributed by atoms with Crippen molar-refractivity contribution in [3.05, 3.63) is 59.2 Å². The molecule has 0 amide bonds. The quantitative estimate of drug-likeness (QED) is 0.726. The minimum Gasteiger partial charge on any atom is -0.488 e. The predicted molar refractivity (Wildman–Crippen MR) is 77.0 cm³/mol. The number of fused-ring (bicyclic) bond motifs is 1. The minimum atomic E-state index is -0.290. The van der Waals surface area contributed by atoms with Gasteiger partial charge in [-0.1, -0.05) is 12.1 Å². The number of ether oxygens (including phenoxy) is 1. The fourth-order valence-electron chi connectivity index (χ4n) is 1.89. The van der Waals surface area contributed by atoms with Crippen LogP contribution < -0.4 is 10.5 Å². The molecular weight excluding hydrogens is 261 g/mol. The van der Waals surface area contributed by atoms with Crippen molar-refractivity contribution in [1.29, 1.82) is 0 Å². The second kappa shape index (κ2) is 4.90. The highest BCUT2D eigenvalue weighted by Crippen LogP contribution is 2.28. The first-order valence-corrected chi connectivity index (χ1v) is 6.69. The van der Waals surface area contributed by atoms with Crippen molar-refractivity contribution in [1.82, 2.24) is 0 Å². The van der Waals surface area contributed by atoms with E-state index in [1.165, 1.54) is 12.1 Å². The highest BCUT2D eigenvalue weighted by molar-refractivity contribution is 7.19. The van der Waals surface area contributed by atoms with Crippen LogP contribution >= 0.6 is 11.3 Å². The van der Waals surface area contributed by atoms with Crippen molar-refractivity contribution in [3.8, 4) is 5.75 Å². The molecular formula is C15H12FNOS. The molecule has 2 nitrogen and oxygen atoms in total. The van der Waals surface area contributed by atoms with Crippen LogP contribution in [0.25, 0.3) is 10.1 Å². The number of rotatable bonds is 3. The van der Waals surface area contributed by atoms with E-state index in [0.717, 1.165) is 20.7 Å². The van der Waals surface area contributed by atoms with Gasteiger partial charge in [0.05, 0.1) is 0 Å². The lowest BCUT2D eigenvalue weighted by Crippen LogP contribution is -1.92. The summed E-state index contributed by atoms with van der Waals surface area (Å²) >= 11 is 1.64. The van der Waals surface area contributed by atoms with Crippen LogP contribution in [0.4, 0.5) is 10.1 Å². The first kappa shape index (κ1) is 12.0. The molecule has 0 atom stereocenters. The highest BCUT2D eigenvalue weighted by Gasteiger charge is 2.03. The lowest BCUT2D eigenvalue weighted by molar-refractivity contribution is 0.308. The molecule has 0 spiro atoms. The van der Waals surface area contributed by atoms with E-state index in [1.807, 2.05) is 18.2 Å². The Hall–Kier alpha value is -2.07. The monoisotopic (exact) mass is 273 g/mol. The number of benzene rings is 2. The van der Waals surface area contributed by atoms with Gasteiger partial charge in [0, 0.05) is 21.3 Å². The average Bonchev–Trinajstić information content (AvgIpc) is 2.78. The zero-order valence-electron chi connectivity index (χ0n) is 10.1. The number of anilines is 1. The minimum absolute atomic E-state index is 0.290. The van der Waals surface area contributed by atoms with Crippen molar-refractivity contribution >= 4 is 27.1 Å². The Kier molecular flexibility index (Phi) is 3.09. The molecule has 2 aromatic carbocycles. The highest BCUT2D eigenvalue weighted by atomic mass is 32.1. The maximum atomic E-state index is 13.0. The summed E-state index contributed by atoms with van der Waals surface area (Å²) in [4.78, 5) is 1.09. The maximum absolute atomic E-state index is 13.0. The van der Waals surface area contributed by atoms with E-state index >= 15 is 0 Å². The molecule has 1 heterocycles. The molecule has 0 aliphatic carbocycles. The number of nitrogen functional groups attached to an aromatic ring is 1. The molecule has 2 N–H and O–H groups in total. The Morgan fingerprint density at radius 2 is 2.00 bits per heavy atom. The summed E-state index contributed by atoms with van der Waals surface area (Å²) in [5.74, 6) is 0.249. The zero-order valence-corrected chi connectivity index (χ0v) is 10.9. The molecule has 0 bridgehead atoms. The van der Waals surface area contributed by atoms with Gasteiger partial charge >= 0.3 is 0 Å². The Morgan fingerprint density at radius 1 is 1.11 bits per heavy atom. The van der Waals surface area contributed by atoms with E-state index in [9.17, 15) is 4.39 Å². The number of hydrogen-bond donors (Lipinski definition) is 1. The average molecular weight is 273 g/mol. The first-order chi connectivity index (χ1) is 9.20. The van der Waals surface area contributed by atoms with Gasteiger partial charge in [-0.25, -0.2) is 4.39 Å². The molecule has 0 fully saturated rings. The van der Waals surface area contributed by atoms with Gasteiger partial charge in [-0.3, -0.25) is 0 Å². The molecule has 4 heteroatoms. The third kappa shape index (κ3) is 2.69. The zero-order chi connectivity index (χ0) is 13.2. The summed E-state index contributed by atoms with van der Waals surface area (Å²) in [5, 5.41) is 1.15. The second-order valence-corrected chi connectivity index (χ2v) is 5.42. The number of halogens is 1. The van der Waals surface area contributed by atoms with E-state index in [0.29, 0.717) is 12.4 Å². The summed E-state index contributed by atoms with van der Waals surface area (Å²) < 4.78 is 19.7. The van der Waals surface area contributed by atoms with Crippen LogP contribution in [0.3, 0.4) is 0 Å². The Bertz CT molecular complexity index is 723.